The van der Waals surface area contributed by atoms with Gasteiger partial charge in [-0.3, -0.25) is 5.10 Å². The minimum atomic E-state index is -0.0436. The molecule has 1 N–H and O–H groups in total. The highest BCUT2D eigenvalue weighted by Gasteiger charge is 2.22. The Kier molecular flexibility index (Phi) is 3.49. The topological polar surface area (TPSA) is 72.5 Å². The first kappa shape index (κ1) is 14.4. The number of aromatic nitrogens is 5. The van der Waals surface area contributed by atoms with Crippen LogP contribution in [0.1, 0.15) is 24.6 Å². The van der Waals surface area contributed by atoms with E-state index in [0.717, 1.165) is 34.3 Å². The number of imidazole rings is 1. The summed E-state index contributed by atoms with van der Waals surface area (Å²) in [6, 6.07) is 14.0. The number of rotatable bonds is 4. The molecule has 4 rings (SSSR count). The van der Waals surface area contributed by atoms with Crippen molar-refractivity contribution >= 4 is 0 Å². The quantitative estimate of drug-likeness (QED) is 0.620. The molecule has 3 aromatic heterocycles. The summed E-state index contributed by atoms with van der Waals surface area (Å²) in [5.41, 5.74) is 2.86. The van der Waals surface area contributed by atoms with E-state index in [9.17, 15) is 0 Å². The van der Waals surface area contributed by atoms with Gasteiger partial charge in [0.25, 0.3) is 0 Å². The highest BCUT2D eigenvalue weighted by molar-refractivity contribution is 5.76. The molecule has 0 radical (unpaired) electrons. The normalized spacial score (nSPS) is 12.4. The van der Waals surface area contributed by atoms with Crippen molar-refractivity contribution < 1.29 is 4.42 Å². The number of H-pyrrole nitrogens is 1. The van der Waals surface area contributed by atoms with Gasteiger partial charge in [-0.2, -0.15) is 5.10 Å². The van der Waals surface area contributed by atoms with E-state index < -0.39 is 0 Å². The summed E-state index contributed by atoms with van der Waals surface area (Å²) in [6.07, 6.45) is 3.33. The van der Waals surface area contributed by atoms with Gasteiger partial charge in [-0.15, -0.1) is 0 Å². The number of aromatic amines is 1. The molecule has 1 atom stereocenters. The van der Waals surface area contributed by atoms with E-state index in [2.05, 4.69) is 31.7 Å². The van der Waals surface area contributed by atoms with Gasteiger partial charge in [0.15, 0.2) is 5.76 Å². The summed E-state index contributed by atoms with van der Waals surface area (Å²) in [5, 5.41) is 6.87. The van der Waals surface area contributed by atoms with Crippen LogP contribution in [-0.4, -0.2) is 24.7 Å². The maximum Gasteiger partial charge on any atom is 0.152 e. The minimum Gasteiger partial charge on any atom is -0.460 e. The van der Waals surface area contributed by atoms with Crippen molar-refractivity contribution in [3.05, 3.63) is 66.7 Å². The largest absolute Gasteiger partial charge is 0.460 e. The number of hydrogen-bond acceptors (Lipinski definition) is 4. The van der Waals surface area contributed by atoms with E-state index >= 15 is 0 Å². The summed E-state index contributed by atoms with van der Waals surface area (Å²) in [7, 11) is 0. The molecule has 0 amide bonds. The van der Waals surface area contributed by atoms with Gasteiger partial charge in [0.2, 0.25) is 0 Å². The summed E-state index contributed by atoms with van der Waals surface area (Å²) >= 11 is 0. The third-order valence-electron chi connectivity index (χ3n) is 4.06. The summed E-state index contributed by atoms with van der Waals surface area (Å²) < 4.78 is 7.95. The van der Waals surface area contributed by atoms with Gasteiger partial charge in [0, 0.05) is 5.56 Å². The lowest BCUT2D eigenvalue weighted by Crippen LogP contribution is -2.09. The Morgan fingerprint density at radius 2 is 1.92 bits per heavy atom. The van der Waals surface area contributed by atoms with Gasteiger partial charge in [0.05, 0.1) is 18.1 Å². The predicted octanol–water partition coefficient (Wildman–Crippen LogP) is 3.85. The first-order valence-electron chi connectivity index (χ1n) is 7.78. The van der Waals surface area contributed by atoms with Crippen molar-refractivity contribution in [2.45, 2.75) is 19.9 Å². The molecule has 0 bridgehead atoms. The van der Waals surface area contributed by atoms with Crippen LogP contribution >= 0.6 is 0 Å². The first-order chi connectivity index (χ1) is 11.7. The fourth-order valence-corrected chi connectivity index (χ4v) is 2.82. The molecule has 3 heterocycles. The molecule has 0 fully saturated rings. The van der Waals surface area contributed by atoms with Gasteiger partial charge in [-0.1, -0.05) is 30.3 Å². The van der Waals surface area contributed by atoms with E-state index in [-0.39, 0.29) is 6.04 Å². The van der Waals surface area contributed by atoms with Crippen molar-refractivity contribution in [2.24, 2.45) is 0 Å². The Morgan fingerprint density at radius 1 is 1.08 bits per heavy atom. The molecule has 120 valence electrons. The van der Waals surface area contributed by atoms with Gasteiger partial charge in [-0.05, 0) is 26.0 Å². The van der Waals surface area contributed by atoms with Crippen molar-refractivity contribution in [2.75, 3.05) is 0 Å². The fourth-order valence-electron chi connectivity index (χ4n) is 2.82. The molecular weight excluding hydrogens is 302 g/mol. The molecule has 0 saturated heterocycles. The average Bonchev–Trinajstić information content (AvgIpc) is 3.35. The third-order valence-corrected chi connectivity index (χ3v) is 4.06. The van der Waals surface area contributed by atoms with E-state index in [1.165, 1.54) is 6.33 Å². The predicted molar refractivity (Wildman–Crippen MR) is 90.3 cm³/mol. The lowest BCUT2D eigenvalue weighted by molar-refractivity contribution is 0.533. The molecule has 0 aliphatic heterocycles. The Balaban J connectivity index is 1.90. The molecule has 24 heavy (non-hydrogen) atoms. The van der Waals surface area contributed by atoms with Gasteiger partial charge < -0.3 is 8.98 Å². The molecule has 0 aliphatic rings. The molecule has 6 heteroatoms. The lowest BCUT2D eigenvalue weighted by atomic mass is 10.1. The standard InChI is InChI=1S/C18H17N5O/c1-12-8-9-15(24-12)17-16(14-6-4-3-5-7-14)20-11-23(17)13(2)18-19-10-21-22-18/h3-11,13H,1-2H3,(H,19,21,22)/t13-/m1/s1. The van der Waals surface area contributed by atoms with E-state index in [0.29, 0.717) is 0 Å². The molecule has 0 spiro atoms. The molecule has 4 aromatic rings. The van der Waals surface area contributed by atoms with Crippen LogP contribution in [0.3, 0.4) is 0 Å². The van der Waals surface area contributed by atoms with Crippen molar-refractivity contribution in [3.8, 4) is 22.7 Å². The maximum absolute atomic E-state index is 5.89. The zero-order valence-electron chi connectivity index (χ0n) is 13.5. The monoisotopic (exact) mass is 319 g/mol. The van der Waals surface area contributed by atoms with Crippen LogP contribution in [0.2, 0.25) is 0 Å². The van der Waals surface area contributed by atoms with Crippen LogP contribution < -0.4 is 0 Å². The second-order valence-electron chi connectivity index (χ2n) is 5.67. The highest BCUT2D eigenvalue weighted by Crippen LogP contribution is 2.34. The van der Waals surface area contributed by atoms with Gasteiger partial charge >= 0.3 is 0 Å². The minimum absolute atomic E-state index is 0.0436. The van der Waals surface area contributed by atoms with Crippen LogP contribution in [0.15, 0.2) is 59.5 Å². The Labute approximate surface area is 139 Å². The zero-order valence-corrected chi connectivity index (χ0v) is 13.5. The van der Waals surface area contributed by atoms with Crippen LogP contribution in [0, 0.1) is 6.92 Å². The molecule has 0 unspecified atom stereocenters. The zero-order chi connectivity index (χ0) is 16.5. The number of benzene rings is 1. The SMILES string of the molecule is Cc1ccc(-c2c(-c3ccccc3)ncn2[C@H](C)c2ncn[nH]2)o1. The Morgan fingerprint density at radius 3 is 2.58 bits per heavy atom. The second kappa shape index (κ2) is 5.81. The smallest absolute Gasteiger partial charge is 0.152 e. The lowest BCUT2D eigenvalue weighted by Gasteiger charge is -2.14. The van der Waals surface area contributed by atoms with Crippen molar-refractivity contribution in [1.29, 1.82) is 0 Å². The third kappa shape index (κ3) is 2.42. The van der Waals surface area contributed by atoms with Gasteiger partial charge in [-0.25, -0.2) is 9.97 Å². The fraction of sp³-hybridized carbons (Fsp3) is 0.167. The summed E-state index contributed by atoms with van der Waals surface area (Å²) in [4.78, 5) is 8.91. The molecule has 0 saturated carbocycles. The number of nitrogens with one attached hydrogen (secondary N) is 1. The number of furan rings is 1. The van der Waals surface area contributed by atoms with Crippen molar-refractivity contribution in [1.82, 2.24) is 24.7 Å². The van der Waals surface area contributed by atoms with Crippen LogP contribution in [-0.2, 0) is 0 Å². The highest BCUT2D eigenvalue weighted by atomic mass is 16.3. The Hall–Kier alpha value is -3.15. The molecule has 1 aromatic carbocycles. The number of aryl methyl sites for hydroxylation is 1. The van der Waals surface area contributed by atoms with E-state index in [1.807, 2.05) is 55.7 Å². The maximum atomic E-state index is 5.89. The van der Waals surface area contributed by atoms with Crippen molar-refractivity contribution in [3.63, 3.8) is 0 Å². The summed E-state index contributed by atoms with van der Waals surface area (Å²) in [6.45, 7) is 3.99. The van der Waals surface area contributed by atoms with Crippen LogP contribution in [0.25, 0.3) is 22.7 Å². The molecule has 0 aliphatic carbocycles. The molecule has 6 nitrogen and oxygen atoms in total. The average molecular weight is 319 g/mol. The number of nitrogens with zero attached hydrogens (tertiary/aromatic N) is 4. The first-order valence-corrected chi connectivity index (χ1v) is 7.78. The summed E-state index contributed by atoms with van der Waals surface area (Å²) in [5.74, 6) is 2.43. The van der Waals surface area contributed by atoms with Crippen LogP contribution in [0.4, 0.5) is 0 Å². The second-order valence-corrected chi connectivity index (χ2v) is 5.67. The van der Waals surface area contributed by atoms with E-state index in [1.54, 1.807) is 0 Å². The van der Waals surface area contributed by atoms with E-state index in [4.69, 9.17) is 4.42 Å². The Bertz CT molecular complexity index is 937. The van der Waals surface area contributed by atoms with Crippen LogP contribution in [0.5, 0.6) is 0 Å². The molecular formula is C18H17N5O. The van der Waals surface area contributed by atoms with Gasteiger partial charge in [0.1, 0.15) is 23.6 Å². The number of hydrogen-bond donors (Lipinski definition) is 1.